The standard InChI is InChI=1S/C30H34N4O2S/c1-20-10-16-25(17-11-20)34-27(32-33-29(34)37-19-22-8-7-9-26(18-22)36-6)21(2)31-28(35)23-12-14-24(15-13-23)30(3,4)5/h7-18,21H,19H2,1-6H3,(H,31,35). The van der Waals surface area contributed by atoms with Crippen LogP contribution in [0.1, 0.15) is 66.6 Å². The van der Waals surface area contributed by atoms with Crippen molar-refractivity contribution in [1.82, 2.24) is 20.1 Å². The molecule has 7 heteroatoms. The summed E-state index contributed by atoms with van der Waals surface area (Å²) in [6.07, 6.45) is 0. The number of hydrogen-bond acceptors (Lipinski definition) is 5. The van der Waals surface area contributed by atoms with Gasteiger partial charge >= 0.3 is 0 Å². The molecule has 1 unspecified atom stereocenters. The minimum Gasteiger partial charge on any atom is -0.497 e. The van der Waals surface area contributed by atoms with E-state index in [1.807, 2.05) is 54.0 Å². The first-order valence-electron chi connectivity index (χ1n) is 12.3. The second-order valence-corrected chi connectivity index (χ2v) is 11.1. The molecule has 0 saturated carbocycles. The smallest absolute Gasteiger partial charge is 0.251 e. The second kappa shape index (κ2) is 11.2. The van der Waals surface area contributed by atoms with Gasteiger partial charge in [0, 0.05) is 17.0 Å². The van der Waals surface area contributed by atoms with Gasteiger partial charge in [0.25, 0.3) is 5.91 Å². The van der Waals surface area contributed by atoms with Gasteiger partial charge in [-0.2, -0.15) is 0 Å². The van der Waals surface area contributed by atoms with E-state index in [0.717, 1.165) is 22.2 Å². The molecular weight excluding hydrogens is 480 g/mol. The molecule has 0 aliphatic heterocycles. The maximum atomic E-state index is 13.1. The predicted octanol–water partition coefficient (Wildman–Crippen LogP) is 6.67. The Hall–Kier alpha value is -3.58. The van der Waals surface area contributed by atoms with Crippen LogP contribution in [0.25, 0.3) is 5.69 Å². The molecule has 0 radical (unpaired) electrons. The van der Waals surface area contributed by atoms with Crippen LogP contribution in [0.5, 0.6) is 5.75 Å². The Kier molecular flexibility index (Phi) is 8.03. The van der Waals surface area contributed by atoms with E-state index in [1.54, 1.807) is 18.9 Å². The Morgan fingerprint density at radius 1 is 1.03 bits per heavy atom. The summed E-state index contributed by atoms with van der Waals surface area (Å²) in [6, 6.07) is 23.7. The van der Waals surface area contributed by atoms with E-state index in [0.29, 0.717) is 17.1 Å². The van der Waals surface area contributed by atoms with Gasteiger partial charge in [0.2, 0.25) is 0 Å². The summed E-state index contributed by atoms with van der Waals surface area (Å²) in [4.78, 5) is 13.1. The monoisotopic (exact) mass is 514 g/mol. The molecule has 37 heavy (non-hydrogen) atoms. The molecule has 1 N–H and O–H groups in total. The first-order valence-corrected chi connectivity index (χ1v) is 13.3. The Morgan fingerprint density at radius 3 is 2.38 bits per heavy atom. The highest BCUT2D eigenvalue weighted by atomic mass is 32.2. The molecule has 3 aromatic carbocycles. The normalized spacial score (nSPS) is 12.3. The third-order valence-corrected chi connectivity index (χ3v) is 7.20. The van der Waals surface area contributed by atoms with Crippen molar-refractivity contribution in [2.45, 2.75) is 57.0 Å². The number of nitrogens with zero attached hydrogens (tertiary/aromatic N) is 3. The quantitative estimate of drug-likeness (QED) is 0.266. The number of benzene rings is 3. The first kappa shape index (κ1) is 26.5. The van der Waals surface area contributed by atoms with Crippen molar-refractivity contribution < 1.29 is 9.53 Å². The number of ether oxygens (including phenoxy) is 1. The number of carbonyl (C=O) groups excluding carboxylic acids is 1. The van der Waals surface area contributed by atoms with Gasteiger partial charge in [0.15, 0.2) is 11.0 Å². The van der Waals surface area contributed by atoms with Gasteiger partial charge in [-0.05, 0) is 66.8 Å². The maximum absolute atomic E-state index is 13.1. The molecule has 1 amide bonds. The molecular formula is C30H34N4O2S. The number of methoxy groups -OCH3 is 1. The average molecular weight is 515 g/mol. The Balaban J connectivity index is 1.58. The summed E-state index contributed by atoms with van der Waals surface area (Å²) in [5.74, 6) is 2.07. The zero-order valence-corrected chi connectivity index (χ0v) is 23.1. The third-order valence-electron chi connectivity index (χ3n) is 6.20. The average Bonchev–Trinajstić information content (AvgIpc) is 3.31. The molecule has 6 nitrogen and oxygen atoms in total. The number of amides is 1. The molecule has 0 spiro atoms. The van der Waals surface area contributed by atoms with E-state index in [1.165, 1.54) is 11.1 Å². The zero-order chi connectivity index (χ0) is 26.6. The molecule has 0 fully saturated rings. The second-order valence-electron chi connectivity index (χ2n) is 10.2. The lowest BCUT2D eigenvalue weighted by molar-refractivity contribution is 0.0938. The van der Waals surface area contributed by atoms with Gasteiger partial charge in [0.05, 0.1) is 13.2 Å². The SMILES string of the molecule is COc1cccc(CSc2nnc(C(C)NC(=O)c3ccc(C(C)(C)C)cc3)n2-c2ccc(C)cc2)c1. The Morgan fingerprint density at radius 2 is 1.73 bits per heavy atom. The van der Waals surface area contributed by atoms with Crippen molar-refractivity contribution >= 4 is 17.7 Å². The summed E-state index contributed by atoms with van der Waals surface area (Å²) in [6.45, 7) is 10.5. The van der Waals surface area contributed by atoms with E-state index in [9.17, 15) is 4.79 Å². The van der Waals surface area contributed by atoms with Gasteiger partial charge in [-0.3, -0.25) is 9.36 Å². The highest BCUT2D eigenvalue weighted by Crippen LogP contribution is 2.29. The zero-order valence-electron chi connectivity index (χ0n) is 22.3. The van der Waals surface area contributed by atoms with Crippen molar-refractivity contribution in [3.05, 3.63) is 101 Å². The van der Waals surface area contributed by atoms with Crippen LogP contribution in [0, 0.1) is 6.92 Å². The number of thioether (sulfide) groups is 1. The minimum absolute atomic E-state index is 0.0334. The van der Waals surface area contributed by atoms with E-state index >= 15 is 0 Å². The fourth-order valence-electron chi connectivity index (χ4n) is 3.97. The summed E-state index contributed by atoms with van der Waals surface area (Å²) < 4.78 is 7.39. The van der Waals surface area contributed by atoms with Crippen LogP contribution in [-0.2, 0) is 11.2 Å². The molecule has 0 bridgehead atoms. The molecule has 0 aliphatic carbocycles. The topological polar surface area (TPSA) is 69.0 Å². The van der Waals surface area contributed by atoms with Crippen molar-refractivity contribution in [2.75, 3.05) is 7.11 Å². The summed E-state index contributed by atoms with van der Waals surface area (Å²) >= 11 is 1.60. The van der Waals surface area contributed by atoms with Gasteiger partial charge in [-0.15, -0.1) is 10.2 Å². The Labute approximate surface area is 223 Å². The van der Waals surface area contributed by atoms with Crippen LogP contribution in [0.15, 0.2) is 78.0 Å². The minimum atomic E-state index is -0.352. The van der Waals surface area contributed by atoms with E-state index in [4.69, 9.17) is 4.74 Å². The van der Waals surface area contributed by atoms with Crippen LogP contribution in [0.3, 0.4) is 0 Å². The number of aromatic nitrogens is 3. The summed E-state index contributed by atoms with van der Waals surface area (Å²) in [5, 5.41) is 12.9. The van der Waals surface area contributed by atoms with Crippen LogP contribution in [0.4, 0.5) is 0 Å². The van der Waals surface area contributed by atoms with Gasteiger partial charge in [0.1, 0.15) is 5.75 Å². The third kappa shape index (κ3) is 6.41. The van der Waals surface area contributed by atoms with Crippen molar-refractivity contribution in [2.24, 2.45) is 0 Å². The van der Waals surface area contributed by atoms with E-state index in [2.05, 4.69) is 73.5 Å². The van der Waals surface area contributed by atoms with Gasteiger partial charge in [-0.25, -0.2) is 0 Å². The largest absolute Gasteiger partial charge is 0.497 e. The van der Waals surface area contributed by atoms with Gasteiger partial charge in [-0.1, -0.05) is 74.5 Å². The molecule has 0 aliphatic rings. The van der Waals surface area contributed by atoms with Crippen LogP contribution in [0.2, 0.25) is 0 Å². The molecule has 1 aromatic heterocycles. The first-order chi connectivity index (χ1) is 17.7. The van der Waals surface area contributed by atoms with Crippen molar-refractivity contribution in [1.29, 1.82) is 0 Å². The van der Waals surface area contributed by atoms with Crippen LogP contribution >= 0.6 is 11.8 Å². The predicted molar refractivity (Wildman–Crippen MR) is 150 cm³/mol. The molecule has 1 atom stereocenters. The van der Waals surface area contributed by atoms with Crippen LogP contribution < -0.4 is 10.1 Å². The number of nitrogens with one attached hydrogen (secondary N) is 1. The molecule has 1 heterocycles. The highest BCUT2D eigenvalue weighted by molar-refractivity contribution is 7.98. The molecule has 192 valence electrons. The van der Waals surface area contributed by atoms with Crippen LogP contribution in [-0.4, -0.2) is 27.8 Å². The number of hydrogen-bond donors (Lipinski definition) is 1. The van der Waals surface area contributed by atoms with Crippen molar-refractivity contribution in [3.63, 3.8) is 0 Å². The fourth-order valence-corrected chi connectivity index (χ4v) is 4.87. The fraction of sp³-hybridized carbons (Fsp3) is 0.300. The van der Waals surface area contributed by atoms with E-state index < -0.39 is 0 Å². The lowest BCUT2D eigenvalue weighted by atomic mass is 9.86. The number of carbonyl (C=O) groups is 1. The number of rotatable bonds is 8. The number of aryl methyl sites for hydroxylation is 1. The maximum Gasteiger partial charge on any atom is 0.251 e. The lowest BCUT2D eigenvalue weighted by Gasteiger charge is -2.19. The summed E-state index contributed by atoms with van der Waals surface area (Å²) in [5.41, 5.74) is 5.09. The molecule has 4 rings (SSSR count). The molecule has 4 aromatic rings. The van der Waals surface area contributed by atoms with Crippen molar-refractivity contribution in [3.8, 4) is 11.4 Å². The highest BCUT2D eigenvalue weighted by Gasteiger charge is 2.22. The van der Waals surface area contributed by atoms with Gasteiger partial charge < -0.3 is 10.1 Å². The molecule has 0 saturated heterocycles. The Bertz CT molecular complexity index is 1360. The lowest BCUT2D eigenvalue weighted by Crippen LogP contribution is -2.28. The van der Waals surface area contributed by atoms with E-state index in [-0.39, 0.29) is 17.4 Å². The summed E-state index contributed by atoms with van der Waals surface area (Å²) in [7, 11) is 1.67.